The molecule has 2 heteroatoms. The second kappa shape index (κ2) is 4.43. The Bertz CT molecular complexity index is 148. The molecule has 1 saturated carbocycles. The van der Waals surface area contributed by atoms with Crippen LogP contribution in [0.4, 0.5) is 0 Å². The van der Waals surface area contributed by atoms with Gasteiger partial charge in [0.1, 0.15) is 0 Å². The minimum Gasteiger partial charge on any atom is -0.393 e. The van der Waals surface area contributed by atoms with Crippen LogP contribution in [0.25, 0.3) is 0 Å². The Morgan fingerprint density at radius 2 is 2.00 bits per heavy atom. The van der Waals surface area contributed by atoms with E-state index in [2.05, 4.69) is 5.32 Å². The Morgan fingerprint density at radius 1 is 1.23 bits per heavy atom. The molecule has 0 amide bonds. The van der Waals surface area contributed by atoms with Gasteiger partial charge in [0.15, 0.2) is 0 Å². The van der Waals surface area contributed by atoms with E-state index < -0.39 is 0 Å². The molecule has 0 bridgehead atoms. The molecular formula is C11H21NO. The van der Waals surface area contributed by atoms with E-state index in [1.54, 1.807) is 0 Å². The van der Waals surface area contributed by atoms with Gasteiger partial charge in [-0.15, -0.1) is 0 Å². The lowest BCUT2D eigenvalue weighted by atomic mass is 9.91. The van der Waals surface area contributed by atoms with Crippen molar-refractivity contribution >= 4 is 0 Å². The van der Waals surface area contributed by atoms with E-state index in [1.165, 1.54) is 32.1 Å². The van der Waals surface area contributed by atoms with Crippen LogP contribution in [0, 0.1) is 11.8 Å². The van der Waals surface area contributed by atoms with E-state index in [4.69, 9.17) is 0 Å². The first-order chi connectivity index (χ1) is 6.36. The van der Waals surface area contributed by atoms with Crippen LogP contribution < -0.4 is 5.32 Å². The molecule has 0 aromatic heterocycles. The summed E-state index contributed by atoms with van der Waals surface area (Å²) in [7, 11) is 0. The predicted octanol–water partition coefficient (Wildman–Crippen LogP) is 1.54. The molecule has 2 unspecified atom stereocenters. The molecule has 0 radical (unpaired) electrons. The highest BCUT2D eigenvalue weighted by Crippen LogP contribution is 2.30. The van der Waals surface area contributed by atoms with Gasteiger partial charge in [-0.25, -0.2) is 0 Å². The topological polar surface area (TPSA) is 32.3 Å². The van der Waals surface area contributed by atoms with Crippen molar-refractivity contribution < 1.29 is 5.11 Å². The van der Waals surface area contributed by atoms with Crippen molar-refractivity contribution in [2.45, 2.75) is 44.6 Å². The Labute approximate surface area is 80.7 Å². The first kappa shape index (κ1) is 9.47. The van der Waals surface area contributed by atoms with Crippen molar-refractivity contribution in [1.82, 2.24) is 5.32 Å². The lowest BCUT2D eigenvalue weighted by molar-refractivity contribution is 0.0907. The first-order valence-corrected chi connectivity index (χ1v) is 5.75. The summed E-state index contributed by atoms with van der Waals surface area (Å²) in [6, 6.07) is 0. The maximum absolute atomic E-state index is 9.97. The fraction of sp³-hybridized carbons (Fsp3) is 1.00. The summed E-state index contributed by atoms with van der Waals surface area (Å²) < 4.78 is 0. The summed E-state index contributed by atoms with van der Waals surface area (Å²) in [6.07, 6.45) is 7.70. The molecule has 2 aliphatic rings. The van der Waals surface area contributed by atoms with Crippen LogP contribution in [-0.4, -0.2) is 24.3 Å². The summed E-state index contributed by atoms with van der Waals surface area (Å²) in [5.41, 5.74) is 0. The van der Waals surface area contributed by atoms with Gasteiger partial charge in [-0.05, 0) is 31.2 Å². The predicted molar refractivity (Wildman–Crippen MR) is 53.6 cm³/mol. The molecule has 2 nitrogen and oxygen atoms in total. The number of rotatable bonds is 3. The molecule has 1 aliphatic heterocycles. The van der Waals surface area contributed by atoms with E-state index in [0.717, 1.165) is 25.4 Å². The third kappa shape index (κ3) is 2.44. The minimum atomic E-state index is -0.0295. The molecule has 2 N–H and O–H groups in total. The van der Waals surface area contributed by atoms with Gasteiger partial charge in [-0.1, -0.05) is 25.7 Å². The van der Waals surface area contributed by atoms with Crippen molar-refractivity contribution in [2.24, 2.45) is 11.8 Å². The molecule has 1 saturated heterocycles. The molecular weight excluding hydrogens is 162 g/mol. The van der Waals surface area contributed by atoms with Gasteiger partial charge < -0.3 is 10.4 Å². The summed E-state index contributed by atoms with van der Waals surface area (Å²) in [5, 5.41) is 13.3. The summed E-state index contributed by atoms with van der Waals surface area (Å²) >= 11 is 0. The molecule has 76 valence electrons. The van der Waals surface area contributed by atoms with Crippen LogP contribution in [0.3, 0.4) is 0 Å². The number of hydrogen-bond acceptors (Lipinski definition) is 2. The number of hydrogen-bond donors (Lipinski definition) is 2. The highest BCUT2D eigenvalue weighted by Gasteiger charge is 2.26. The van der Waals surface area contributed by atoms with Gasteiger partial charge in [0.05, 0.1) is 6.10 Å². The monoisotopic (exact) mass is 183 g/mol. The van der Waals surface area contributed by atoms with Gasteiger partial charge >= 0.3 is 0 Å². The van der Waals surface area contributed by atoms with Crippen LogP contribution in [-0.2, 0) is 0 Å². The van der Waals surface area contributed by atoms with Gasteiger partial charge in [0, 0.05) is 6.54 Å². The molecule has 2 fully saturated rings. The zero-order valence-electron chi connectivity index (χ0n) is 8.34. The fourth-order valence-corrected chi connectivity index (χ4v) is 2.79. The van der Waals surface area contributed by atoms with E-state index in [0.29, 0.717) is 5.92 Å². The van der Waals surface area contributed by atoms with Gasteiger partial charge in [0.2, 0.25) is 0 Å². The third-order valence-electron chi connectivity index (χ3n) is 3.69. The largest absolute Gasteiger partial charge is 0.393 e. The molecule has 0 aromatic carbocycles. The van der Waals surface area contributed by atoms with Crippen LogP contribution >= 0.6 is 0 Å². The second-order valence-electron chi connectivity index (χ2n) is 4.71. The third-order valence-corrected chi connectivity index (χ3v) is 3.69. The average Bonchev–Trinajstić information content (AvgIpc) is 2.74. The molecule has 13 heavy (non-hydrogen) atoms. The van der Waals surface area contributed by atoms with Crippen LogP contribution in [0.2, 0.25) is 0 Å². The van der Waals surface area contributed by atoms with E-state index in [9.17, 15) is 5.11 Å². The molecule has 2 rings (SSSR count). The Kier molecular flexibility index (Phi) is 3.23. The SMILES string of the molecule is OC(CC1CCCC1)C1CCNC1. The van der Waals surface area contributed by atoms with Crippen LogP contribution in [0.1, 0.15) is 38.5 Å². The molecule has 0 aromatic rings. The van der Waals surface area contributed by atoms with Crippen molar-refractivity contribution in [3.63, 3.8) is 0 Å². The van der Waals surface area contributed by atoms with Gasteiger partial charge in [-0.2, -0.15) is 0 Å². The average molecular weight is 183 g/mol. The zero-order valence-corrected chi connectivity index (χ0v) is 8.34. The van der Waals surface area contributed by atoms with Crippen molar-refractivity contribution in [2.75, 3.05) is 13.1 Å². The van der Waals surface area contributed by atoms with Gasteiger partial charge in [-0.3, -0.25) is 0 Å². The highest BCUT2D eigenvalue weighted by molar-refractivity contribution is 4.80. The maximum Gasteiger partial charge on any atom is 0.0583 e. The Balaban J connectivity index is 1.73. The second-order valence-corrected chi connectivity index (χ2v) is 4.71. The molecule has 2 atom stereocenters. The fourth-order valence-electron chi connectivity index (χ4n) is 2.79. The quantitative estimate of drug-likeness (QED) is 0.695. The van der Waals surface area contributed by atoms with E-state index in [-0.39, 0.29) is 6.10 Å². The highest BCUT2D eigenvalue weighted by atomic mass is 16.3. The zero-order chi connectivity index (χ0) is 9.10. The normalized spacial score (nSPS) is 32.5. The van der Waals surface area contributed by atoms with Crippen LogP contribution in [0.5, 0.6) is 0 Å². The standard InChI is InChI=1S/C11H21NO/c13-11(10-5-6-12-8-10)7-9-3-1-2-4-9/h9-13H,1-8H2. The first-order valence-electron chi connectivity index (χ1n) is 5.75. The summed E-state index contributed by atoms with van der Waals surface area (Å²) in [6.45, 7) is 2.14. The minimum absolute atomic E-state index is 0.0295. The summed E-state index contributed by atoms with van der Waals surface area (Å²) in [5.74, 6) is 1.37. The van der Waals surface area contributed by atoms with Crippen molar-refractivity contribution in [3.8, 4) is 0 Å². The summed E-state index contributed by atoms with van der Waals surface area (Å²) in [4.78, 5) is 0. The lowest BCUT2D eigenvalue weighted by Crippen LogP contribution is -2.24. The number of aliphatic hydroxyl groups is 1. The van der Waals surface area contributed by atoms with Crippen LogP contribution in [0.15, 0.2) is 0 Å². The maximum atomic E-state index is 9.97. The van der Waals surface area contributed by atoms with E-state index >= 15 is 0 Å². The number of nitrogens with one attached hydrogen (secondary N) is 1. The van der Waals surface area contributed by atoms with Crippen molar-refractivity contribution in [3.05, 3.63) is 0 Å². The molecule has 1 heterocycles. The lowest BCUT2D eigenvalue weighted by Gasteiger charge is -2.20. The van der Waals surface area contributed by atoms with Gasteiger partial charge in [0.25, 0.3) is 0 Å². The molecule has 1 aliphatic carbocycles. The number of aliphatic hydroxyl groups excluding tert-OH is 1. The Morgan fingerprint density at radius 3 is 2.62 bits per heavy atom. The Hall–Kier alpha value is -0.0800. The van der Waals surface area contributed by atoms with E-state index in [1.807, 2.05) is 0 Å². The van der Waals surface area contributed by atoms with Crippen molar-refractivity contribution in [1.29, 1.82) is 0 Å². The molecule has 0 spiro atoms. The smallest absolute Gasteiger partial charge is 0.0583 e.